The minimum absolute atomic E-state index is 0.233. The van der Waals surface area contributed by atoms with Crippen LogP contribution in [0.5, 0.6) is 0 Å². The van der Waals surface area contributed by atoms with Gasteiger partial charge in [-0.3, -0.25) is 0 Å². The normalized spacial score (nSPS) is 16.0. The zero-order valence-corrected chi connectivity index (χ0v) is 15.2. The third-order valence-electron chi connectivity index (χ3n) is 4.56. The van der Waals surface area contributed by atoms with E-state index in [0.717, 1.165) is 5.76 Å². The van der Waals surface area contributed by atoms with Crippen LogP contribution < -0.4 is 0 Å². The fourth-order valence-electron chi connectivity index (χ4n) is 3.35. The molecule has 1 aliphatic carbocycles. The minimum atomic E-state index is 0.233. The Morgan fingerprint density at radius 1 is 0.800 bits per heavy atom. The van der Waals surface area contributed by atoms with E-state index in [-0.39, 0.29) is 5.25 Å². The fourth-order valence-corrected chi connectivity index (χ4v) is 4.61. The first-order valence-corrected chi connectivity index (χ1v) is 9.32. The lowest BCUT2D eigenvalue weighted by Gasteiger charge is -2.17. The average Bonchev–Trinajstić information content (AvgIpc) is 2.98. The number of thioether (sulfide) groups is 1. The van der Waals surface area contributed by atoms with E-state index in [1.807, 2.05) is 11.8 Å². The molecule has 3 aromatic carbocycles. The monoisotopic (exact) mass is 344 g/mol. The maximum absolute atomic E-state index is 5.86. The number of hydrogen-bond donors (Lipinski definition) is 0. The van der Waals surface area contributed by atoms with Gasteiger partial charge in [-0.15, -0.1) is 11.8 Å². The molecule has 1 aliphatic rings. The van der Waals surface area contributed by atoms with E-state index in [9.17, 15) is 0 Å². The molecule has 0 spiro atoms. The Labute approximate surface area is 153 Å². The van der Waals surface area contributed by atoms with E-state index < -0.39 is 0 Å². The van der Waals surface area contributed by atoms with Gasteiger partial charge in [0.05, 0.1) is 12.4 Å². The highest BCUT2D eigenvalue weighted by molar-refractivity contribution is 8.00. The van der Waals surface area contributed by atoms with Gasteiger partial charge in [0.15, 0.2) is 0 Å². The van der Waals surface area contributed by atoms with E-state index in [0.29, 0.717) is 0 Å². The van der Waals surface area contributed by atoms with Crippen molar-refractivity contribution in [3.8, 4) is 0 Å². The van der Waals surface area contributed by atoms with Crippen LogP contribution in [0.1, 0.15) is 27.5 Å². The smallest absolute Gasteiger partial charge is 0.131 e. The summed E-state index contributed by atoms with van der Waals surface area (Å²) in [6.07, 6.45) is 0. The van der Waals surface area contributed by atoms with Crippen LogP contribution in [0.15, 0.2) is 83.8 Å². The van der Waals surface area contributed by atoms with Crippen LogP contribution in [-0.2, 0) is 4.74 Å². The number of rotatable bonds is 4. The molecule has 0 N–H and O–H groups in total. The Morgan fingerprint density at radius 2 is 1.48 bits per heavy atom. The molecule has 4 rings (SSSR count). The summed E-state index contributed by atoms with van der Waals surface area (Å²) < 4.78 is 5.86. The molecule has 1 atom stereocenters. The van der Waals surface area contributed by atoms with Gasteiger partial charge >= 0.3 is 0 Å². The molecule has 25 heavy (non-hydrogen) atoms. The van der Waals surface area contributed by atoms with Crippen molar-refractivity contribution >= 4 is 23.1 Å². The molecule has 0 radical (unpaired) electrons. The molecule has 2 heteroatoms. The lowest BCUT2D eigenvalue weighted by Crippen LogP contribution is -1.95. The van der Waals surface area contributed by atoms with E-state index in [1.165, 1.54) is 32.7 Å². The largest absolute Gasteiger partial charge is 0.496 e. The highest BCUT2D eigenvalue weighted by Crippen LogP contribution is 2.54. The first-order valence-electron chi connectivity index (χ1n) is 8.44. The highest BCUT2D eigenvalue weighted by Gasteiger charge is 2.33. The zero-order valence-electron chi connectivity index (χ0n) is 14.4. The van der Waals surface area contributed by atoms with Gasteiger partial charge in [0.25, 0.3) is 0 Å². The predicted octanol–water partition coefficient (Wildman–Crippen LogP) is 6.36. The van der Waals surface area contributed by atoms with Crippen LogP contribution in [0.3, 0.4) is 0 Å². The van der Waals surface area contributed by atoms with Gasteiger partial charge in [0.1, 0.15) is 5.76 Å². The van der Waals surface area contributed by atoms with Crippen molar-refractivity contribution in [2.45, 2.75) is 17.1 Å². The Bertz CT molecular complexity index is 910. The molecule has 0 amide bonds. The maximum Gasteiger partial charge on any atom is 0.131 e. The molecule has 0 heterocycles. The van der Waals surface area contributed by atoms with Crippen molar-refractivity contribution in [1.29, 1.82) is 0 Å². The molecule has 3 aromatic rings. The molecule has 124 valence electrons. The molecular weight excluding hydrogens is 324 g/mol. The average molecular weight is 344 g/mol. The molecule has 0 fully saturated rings. The van der Waals surface area contributed by atoms with Crippen molar-refractivity contribution < 1.29 is 4.74 Å². The fraction of sp³-hybridized carbons (Fsp3) is 0.130. The molecule has 0 aromatic heterocycles. The second kappa shape index (κ2) is 6.81. The lowest BCUT2D eigenvalue weighted by molar-refractivity contribution is 0.372. The second-order valence-corrected chi connectivity index (χ2v) is 7.39. The Kier molecular flexibility index (Phi) is 4.37. The third-order valence-corrected chi connectivity index (χ3v) is 5.83. The molecule has 1 nitrogen and oxygen atoms in total. The van der Waals surface area contributed by atoms with Crippen LogP contribution >= 0.6 is 11.8 Å². The molecule has 0 bridgehead atoms. The van der Waals surface area contributed by atoms with Crippen LogP contribution in [0, 0.1) is 6.92 Å². The lowest BCUT2D eigenvalue weighted by atomic mass is 10.0. The number of hydrogen-bond acceptors (Lipinski definition) is 2. The quantitative estimate of drug-likeness (QED) is 0.545. The van der Waals surface area contributed by atoms with Crippen LogP contribution in [0.4, 0.5) is 0 Å². The summed E-state index contributed by atoms with van der Waals surface area (Å²) in [5.74, 6) is 0.992. The molecule has 0 aliphatic heterocycles. The van der Waals surface area contributed by atoms with Crippen molar-refractivity contribution in [1.82, 2.24) is 0 Å². The van der Waals surface area contributed by atoms with Gasteiger partial charge in [-0.25, -0.2) is 0 Å². The van der Waals surface area contributed by atoms with Crippen LogP contribution in [0.2, 0.25) is 0 Å². The van der Waals surface area contributed by atoms with E-state index >= 15 is 0 Å². The third kappa shape index (κ3) is 2.98. The number of fused-ring (bicyclic) bond motifs is 1. The molecular formula is C23H20OS. The molecule has 0 saturated carbocycles. The Balaban J connectivity index is 1.84. The van der Waals surface area contributed by atoms with E-state index in [1.54, 1.807) is 7.11 Å². The summed E-state index contributed by atoms with van der Waals surface area (Å²) in [7, 11) is 1.77. The number of ether oxygens (including phenoxy) is 1. The summed E-state index contributed by atoms with van der Waals surface area (Å²) >= 11 is 1.89. The summed E-state index contributed by atoms with van der Waals surface area (Å²) in [6, 6.07) is 27.9. The van der Waals surface area contributed by atoms with Crippen LogP contribution in [-0.4, -0.2) is 7.11 Å². The van der Waals surface area contributed by atoms with Gasteiger partial charge in [0, 0.05) is 16.0 Å². The van der Waals surface area contributed by atoms with Gasteiger partial charge in [0.2, 0.25) is 0 Å². The summed E-state index contributed by atoms with van der Waals surface area (Å²) in [4.78, 5) is 1.27. The van der Waals surface area contributed by atoms with Crippen molar-refractivity contribution in [2.24, 2.45) is 0 Å². The van der Waals surface area contributed by atoms with Crippen molar-refractivity contribution in [3.63, 3.8) is 0 Å². The topological polar surface area (TPSA) is 9.23 Å². The van der Waals surface area contributed by atoms with E-state index in [4.69, 9.17) is 4.74 Å². The first kappa shape index (κ1) is 16.0. The summed E-state index contributed by atoms with van der Waals surface area (Å²) in [5.41, 5.74) is 6.29. The van der Waals surface area contributed by atoms with Gasteiger partial charge in [-0.1, -0.05) is 72.3 Å². The standard InChI is InChI=1S/C23H20OS/c1-16-12-14-18(15-13-16)25-23-20-11-7-6-10-19(20)22(24-2)21(23)17-8-4-3-5-9-17/h3-15,23H,1-2H3. The second-order valence-electron chi connectivity index (χ2n) is 6.21. The Morgan fingerprint density at radius 3 is 2.20 bits per heavy atom. The number of benzene rings is 3. The van der Waals surface area contributed by atoms with Crippen molar-refractivity contribution in [3.05, 3.63) is 101 Å². The zero-order chi connectivity index (χ0) is 17.2. The SMILES string of the molecule is COC1=C(c2ccccc2)C(Sc2ccc(C)cc2)c2ccccc21. The Hall–Kier alpha value is -2.45. The molecule has 0 saturated heterocycles. The van der Waals surface area contributed by atoms with Crippen molar-refractivity contribution in [2.75, 3.05) is 7.11 Å². The van der Waals surface area contributed by atoms with Crippen LogP contribution in [0.25, 0.3) is 11.3 Å². The highest BCUT2D eigenvalue weighted by atomic mass is 32.2. The summed E-state index contributed by atoms with van der Waals surface area (Å²) in [5, 5.41) is 0.233. The number of methoxy groups -OCH3 is 1. The maximum atomic E-state index is 5.86. The van der Waals surface area contributed by atoms with E-state index in [2.05, 4.69) is 85.8 Å². The predicted molar refractivity (Wildman–Crippen MR) is 106 cm³/mol. The molecule has 1 unspecified atom stereocenters. The number of aryl methyl sites for hydroxylation is 1. The first-order chi connectivity index (χ1) is 12.3. The minimum Gasteiger partial charge on any atom is -0.496 e. The van der Waals surface area contributed by atoms with Gasteiger partial charge in [-0.05, 0) is 30.2 Å². The van der Waals surface area contributed by atoms with Gasteiger partial charge in [-0.2, -0.15) is 0 Å². The summed E-state index contributed by atoms with van der Waals surface area (Å²) in [6.45, 7) is 2.12. The van der Waals surface area contributed by atoms with Gasteiger partial charge < -0.3 is 4.74 Å².